The average Bonchev–Trinajstić information content (AvgIpc) is 3.25. The van der Waals surface area contributed by atoms with Gasteiger partial charge in [0.05, 0.1) is 12.8 Å². The number of carbonyl (C=O) groups is 2. The first-order valence-corrected chi connectivity index (χ1v) is 11.7. The van der Waals surface area contributed by atoms with Crippen LogP contribution in [-0.4, -0.2) is 52.5 Å². The number of carbonyl (C=O) groups excluding carboxylic acids is 2. The van der Waals surface area contributed by atoms with E-state index in [9.17, 15) is 9.59 Å². The molecule has 0 saturated heterocycles. The molecule has 1 aromatic carbocycles. The number of hydrogen-bond donors (Lipinski definition) is 0. The Labute approximate surface area is 200 Å². The number of ether oxygens (including phenoxy) is 1. The maximum atomic E-state index is 12.2. The van der Waals surface area contributed by atoms with Gasteiger partial charge in [0, 0.05) is 51.1 Å². The minimum atomic E-state index is -0.122. The van der Waals surface area contributed by atoms with E-state index in [1.807, 2.05) is 23.7 Å². The third kappa shape index (κ3) is 5.19. The first-order valence-electron chi connectivity index (χ1n) is 11.7. The molecule has 2 aromatic heterocycles. The summed E-state index contributed by atoms with van der Waals surface area (Å²) < 4.78 is 6.66. The Morgan fingerprint density at radius 2 is 1.71 bits per heavy atom. The van der Waals surface area contributed by atoms with Crippen LogP contribution in [0.3, 0.4) is 0 Å². The molecule has 0 bridgehead atoms. The summed E-state index contributed by atoms with van der Waals surface area (Å²) in [6, 6.07) is 12.6. The summed E-state index contributed by atoms with van der Waals surface area (Å²) in [5.41, 5.74) is 4.60. The lowest BCUT2D eigenvalue weighted by Gasteiger charge is -2.28. The van der Waals surface area contributed by atoms with Crippen LogP contribution in [0.25, 0.3) is 22.6 Å². The normalized spacial score (nSPS) is 17.9. The fourth-order valence-corrected chi connectivity index (χ4v) is 4.71. The predicted octanol–water partition coefficient (Wildman–Crippen LogP) is 4.69. The fourth-order valence-electron chi connectivity index (χ4n) is 4.71. The van der Waals surface area contributed by atoms with Gasteiger partial charge in [-0.05, 0) is 55.2 Å². The molecule has 0 N–H and O–H groups in total. The molecule has 7 nitrogen and oxygen atoms in total. The standard InChI is InChI=1S/C27H32N4O3/c1-30(2)27(33)24-17-31(3)26(29-24)22-13-14-23(28-16-22)21-11-9-20(10-12-21)19-7-5-18(6-8-19)15-25(32)34-4/h9-14,16-19H,5-8,15H2,1-4H3/t18-,19-. The first-order chi connectivity index (χ1) is 16.4. The van der Waals surface area contributed by atoms with Crippen LogP contribution in [0.5, 0.6) is 0 Å². The highest BCUT2D eigenvalue weighted by atomic mass is 16.5. The van der Waals surface area contributed by atoms with E-state index in [1.165, 1.54) is 17.6 Å². The molecule has 0 unspecified atom stereocenters. The molecule has 0 spiro atoms. The van der Waals surface area contributed by atoms with Crippen LogP contribution in [0.1, 0.15) is 54.1 Å². The molecule has 0 atom stereocenters. The van der Waals surface area contributed by atoms with E-state index in [4.69, 9.17) is 4.74 Å². The SMILES string of the molecule is COC(=O)C[C@H]1CC[C@H](c2ccc(-c3ccc(-c4nc(C(=O)N(C)C)cn4C)cn3)cc2)CC1. The molecular weight excluding hydrogens is 428 g/mol. The van der Waals surface area contributed by atoms with Gasteiger partial charge in [-0.15, -0.1) is 0 Å². The van der Waals surface area contributed by atoms with Crippen molar-refractivity contribution in [2.75, 3.05) is 21.2 Å². The molecule has 1 aliphatic carbocycles. The number of nitrogens with zero attached hydrogens (tertiary/aromatic N) is 4. The van der Waals surface area contributed by atoms with Crippen LogP contribution in [-0.2, 0) is 16.6 Å². The number of benzene rings is 1. The molecule has 178 valence electrons. The number of methoxy groups -OCH3 is 1. The third-order valence-corrected chi connectivity index (χ3v) is 6.73. The van der Waals surface area contributed by atoms with Gasteiger partial charge < -0.3 is 14.2 Å². The van der Waals surface area contributed by atoms with Gasteiger partial charge in [0.25, 0.3) is 5.91 Å². The van der Waals surface area contributed by atoms with Gasteiger partial charge in [0.2, 0.25) is 0 Å². The van der Waals surface area contributed by atoms with Gasteiger partial charge in [0.1, 0.15) is 11.5 Å². The first kappa shape index (κ1) is 23.7. The van der Waals surface area contributed by atoms with Crippen LogP contribution in [0.2, 0.25) is 0 Å². The smallest absolute Gasteiger partial charge is 0.305 e. The second kappa shape index (κ2) is 10.2. The van der Waals surface area contributed by atoms with Crippen molar-refractivity contribution in [1.29, 1.82) is 0 Å². The zero-order valence-electron chi connectivity index (χ0n) is 20.3. The second-order valence-electron chi connectivity index (χ2n) is 9.31. The van der Waals surface area contributed by atoms with Crippen LogP contribution >= 0.6 is 0 Å². The van der Waals surface area contributed by atoms with Gasteiger partial charge in [-0.1, -0.05) is 24.3 Å². The number of imidazole rings is 1. The Morgan fingerprint density at radius 1 is 1.03 bits per heavy atom. The Kier molecular flexibility index (Phi) is 7.10. The molecule has 0 radical (unpaired) electrons. The number of pyridine rings is 1. The molecular formula is C27H32N4O3. The van der Waals surface area contributed by atoms with Crippen molar-refractivity contribution < 1.29 is 14.3 Å². The molecule has 3 aromatic rings. The largest absolute Gasteiger partial charge is 0.469 e. The minimum Gasteiger partial charge on any atom is -0.469 e. The number of aromatic nitrogens is 3. The van der Waals surface area contributed by atoms with Crippen molar-refractivity contribution in [3.8, 4) is 22.6 Å². The van der Waals surface area contributed by atoms with E-state index in [1.54, 1.807) is 26.5 Å². The van der Waals surface area contributed by atoms with Gasteiger partial charge in [-0.25, -0.2) is 4.98 Å². The maximum Gasteiger partial charge on any atom is 0.305 e. The molecule has 4 rings (SSSR count). The van der Waals surface area contributed by atoms with E-state index >= 15 is 0 Å². The quantitative estimate of drug-likeness (QED) is 0.499. The summed E-state index contributed by atoms with van der Waals surface area (Å²) in [7, 11) is 6.77. The summed E-state index contributed by atoms with van der Waals surface area (Å²) >= 11 is 0. The fraction of sp³-hybridized carbons (Fsp3) is 0.407. The summed E-state index contributed by atoms with van der Waals surface area (Å²) in [5.74, 6) is 1.48. The zero-order chi connectivity index (χ0) is 24.2. The molecule has 1 fully saturated rings. The molecule has 1 amide bonds. The molecule has 7 heteroatoms. The van der Waals surface area contributed by atoms with Gasteiger partial charge in [0.15, 0.2) is 0 Å². The van der Waals surface area contributed by atoms with Crippen LogP contribution in [0.4, 0.5) is 0 Å². The zero-order valence-corrected chi connectivity index (χ0v) is 20.3. The topological polar surface area (TPSA) is 77.3 Å². The minimum absolute atomic E-state index is 0.100. The summed E-state index contributed by atoms with van der Waals surface area (Å²) in [6.07, 6.45) is 8.44. The van der Waals surface area contributed by atoms with Gasteiger partial charge in [-0.3, -0.25) is 14.6 Å². The van der Waals surface area contributed by atoms with Gasteiger partial charge >= 0.3 is 5.97 Å². The number of amides is 1. The monoisotopic (exact) mass is 460 g/mol. The van der Waals surface area contributed by atoms with Crippen molar-refractivity contribution >= 4 is 11.9 Å². The number of hydrogen-bond acceptors (Lipinski definition) is 5. The van der Waals surface area contributed by atoms with E-state index in [0.29, 0.717) is 29.8 Å². The van der Waals surface area contributed by atoms with Crippen molar-refractivity contribution in [1.82, 2.24) is 19.4 Å². The maximum absolute atomic E-state index is 12.2. The summed E-state index contributed by atoms with van der Waals surface area (Å²) in [5, 5.41) is 0. The Bertz CT molecular complexity index is 1140. The Balaban J connectivity index is 1.41. The Hall–Kier alpha value is -3.48. The van der Waals surface area contributed by atoms with Crippen LogP contribution in [0, 0.1) is 5.92 Å². The van der Waals surface area contributed by atoms with E-state index < -0.39 is 0 Å². The molecule has 0 aliphatic heterocycles. The summed E-state index contributed by atoms with van der Waals surface area (Å²) in [6.45, 7) is 0. The van der Waals surface area contributed by atoms with E-state index in [-0.39, 0.29) is 11.9 Å². The lowest BCUT2D eigenvalue weighted by atomic mass is 9.77. The molecule has 2 heterocycles. The van der Waals surface area contributed by atoms with Crippen molar-refractivity contribution in [2.24, 2.45) is 13.0 Å². The van der Waals surface area contributed by atoms with E-state index in [2.05, 4.69) is 34.2 Å². The number of esters is 1. The Morgan fingerprint density at radius 3 is 2.29 bits per heavy atom. The van der Waals surface area contributed by atoms with Gasteiger partial charge in [-0.2, -0.15) is 0 Å². The highest BCUT2D eigenvalue weighted by Crippen LogP contribution is 2.37. The van der Waals surface area contributed by atoms with Crippen molar-refractivity contribution in [3.63, 3.8) is 0 Å². The highest BCUT2D eigenvalue weighted by Gasteiger charge is 2.24. The predicted molar refractivity (Wildman–Crippen MR) is 131 cm³/mol. The average molecular weight is 461 g/mol. The van der Waals surface area contributed by atoms with E-state index in [0.717, 1.165) is 42.5 Å². The summed E-state index contributed by atoms with van der Waals surface area (Å²) in [4.78, 5) is 34.4. The lowest BCUT2D eigenvalue weighted by molar-refractivity contribution is -0.142. The molecule has 1 aliphatic rings. The third-order valence-electron chi connectivity index (χ3n) is 6.73. The van der Waals surface area contributed by atoms with Crippen molar-refractivity contribution in [3.05, 3.63) is 60.0 Å². The van der Waals surface area contributed by atoms with Crippen molar-refractivity contribution in [2.45, 2.75) is 38.0 Å². The number of rotatable bonds is 6. The second-order valence-corrected chi connectivity index (χ2v) is 9.31. The highest BCUT2D eigenvalue weighted by molar-refractivity contribution is 5.92. The van der Waals surface area contributed by atoms with Crippen LogP contribution < -0.4 is 0 Å². The van der Waals surface area contributed by atoms with Crippen LogP contribution in [0.15, 0.2) is 48.8 Å². The number of aryl methyl sites for hydroxylation is 1. The molecule has 1 saturated carbocycles. The lowest BCUT2D eigenvalue weighted by Crippen LogP contribution is -2.21. The molecule has 34 heavy (non-hydrogen) atoms.